The van der Waals surface area contributed by atoms with Crippen molar-refractivity contribution in [2.45, 2.75) is 38.9 Å². The van der Waals surface area contributed by atoms with E-state index in [0.717, 1.165) is 43.0 Å². The molecule has 1 saturated heterocycles. The molecule has 0 aliphatic carbocycles. The van der Waals surface area contributed by atoms with Gasteiger partial charge in [-0.3, -0.25) is 14.7 Å². The van der Waals surface area contributed by atoms with Crippen molar-refractivity contribution in [3.8, 4) is 0 Å². The Balaban J connectivity index is 1.35. The topological polar surface area (TPSA) is 80.3 Å². The molecular weight excluding hydrogens is 380 g/mol. The van der Waals surface area contributed by atoms with E-state index >= 15 is 0 Å². The lowest BCUT2D eigenvalue weighted by Gasteiger charge is -2.42. The van der Waals surface area contributed by atoms with Crippen LogP contribution in [0.25, 0.3) is 0 Å². The average Bonchev–Trinajstić information content (AvgIpc) is 3.17. The van der Waals surface area contributed by atoms with E-state index in [4.69, 9.17) is 4.52 Å². The van der Waals surface area contributed by atoms with Crippen molar-refractivity contribution in [3.63, 3.8) is 0 Å². The Hall–Kier alpha value is -3.00. The number of fused-ring (bicyclic) bond motifs is 4. The minimum absolute atomic E-state index is 0.138. The van der Waals surface area contributed by atoms with Crippen molar-refractivity contribution in [2.75, 3.05) is 25.0 Å². The molecule has 0 N–H and O–H groups in total. The highest BCUT2D eigenvalue weighted by molar-refractivity contribution is 5.33. The van der Waals surface area contributed by atoms with Crippen LogP contribution in [0, 0.1) is 12.8 Å². The van der Waals surface area contributed by atoms with E-state index in [1.807, 2.05) is 42.8 Å². The second kappa shape index (κ2) is 7.68. The molecule has 5 rings (SSSR count). The summed E-state index contributed by atoms with van der Waals surface area (Å²) < 4.78 is 7.16. The fraction of sp³-hybridized carbons (Fsp3) is 0.455. The van der Waals surface area contributed by atoms with Gasteiger partial charge in [-0.15, -0.1) is 0 Å². The van der Waals surface area contributed by atoms with E-state index < -0.39 is 0 Å². The Kier molecular flexibility index (Phi) is 4.86. The van der Waals surface area contributed by atoms with Gasteiger partial charge in [0.05, 0.1) is 5.69 Å². The molecule has 3 aromatic rings. The number of piperidine rings is 1. The Morgan fingerprint density at radius 3 is 2.83 bits per heavy atom. The van der Waals surface area contributed by atoms with Crippen LogP contribution in [0.5, 0.6) is 0 Å². The zero-order chi connectivity index (χ0) is 20.7. The molecule has 0 aromatic carbocycles. The van der Waals surface area contributed by atoms with Gasteiger partial charge in [-0.1, -0.05) is 12.1 Å². The first-order chi connectivity index (χ1) is 14.6. The van der Waals surface area contributed by atoms with E-state index in [9.17, 15) is 4.79 Å². The number of rotatable bonds is 5. The number of aromatic nitrogens is 4. The van der Waals surface area contributed by atoms with Crippen molar-refractivity contribution >= 4 is 5.95 Å². The van der Waals surface area contributed by atoms with Gasteiger partial charge in [0.2, 0.25) is 5.89 Å². The van der Waals surface area contributed by atoms with Gasteiger partial charge in [0.15, 0.2) is 0 Å². The maximum atomic E-state index is 13.3. The van der Waals surface area contributed by atoms with Crippen molar-refractivity contribution in [1.82, 2.24) is 24.6 Å². The van der Waals surface area contributed by atoms with E-state index in [1.165, 1.54) is 0 Å². The standard InChI is InChI=1S/C22H26N6O2/c1-15-24-22(25-30-15)27-10-16-9-18(13-27)20-7-6-17(21(29)28(20)11-16)12-26(2)14-19-5-3-4-8-23-19/h3-8,16,18H,9-14H2,1-2H3/t16-,18+/m0/s1. The zero-order valence-electron chi connectivity index (χ0n) is 17.4. The Bertz CT molecular complexity index is 1090. The number of nitrogens with zero attached hydrogens (tertiary/aromatic N) is 6. The van der Waals surface area contributed by atoms with Crippen LogP contribution in [0.4, 0.5) is 5.95 Å². The Morgan fingerprint density at radius 1 is 1.17 bits per heavy atom. The second-order valence-electron chi connectivity index (χ2n) is 8.51. The summed E-state index contributed by atoms with van der Waals surface area (Å²) in [5.74, 6) is 1.96. The normalized spacial score (nSPS) is 20.4. The maximum absolute atomic E-state index is 13.3. The number of aryl methyl sites for hydroxylation is 1. The Labute approximate surface area is 175 Å². The molecule has 156 valence electrons. The van der Waals surface area contributed by atoms with Gasteiger partial charge in [0, 0.05) is 63.0 Å². The van der Waals surface area contributed by atoms with Crippen LogP contribution in [-0.2, 0) is 19.6 Å². The molecular formula is C22H26N6O2. The number of anilines is 1. The van der Waals surface area contributed by atoms with Crippen LogP contribution < -0.4 is 10.5 Å². The molecule has 0 unspecified atom stereocenters. The predicted molar refractivity (Wildman–Crippen MR) is 112 cm³/mol. The maximum Gasteiger partial charge on any atom is 0.266 e. The monoisotopic (exact) mass is 406 g/mol. The van der Waals surface area contributed by atoms with Crippen LogP contribution in [0.15, 0.2) is 45.8 Å². The molecule has 0 spiro atoms. The first-order valence-electron chi connectivity index (χ1n) is 10.4. The Morgan fingerprint density at radius 2 is 2.07 bits per heavy atom. The lowest BCUT2D eigenvalue weighted by molar-refractivity contribution is 0.273. The van der Waals surface area contributed by atoms with Gasteiger partial charge in [-0.2, -0.15) is 4.98 Å². The van der Waals surface area contributed by atoms with Crippen LogP contribution in [-0.4, -0.2) is 44.7 Å². The summed E-state index contributed by atoms with van der Waals surface area (Å²) in [5, 5.41) is 4.08. The van der Waals surface area contributed by atoms with Crippen molar-refractivity contribution in [1.29, 1.82) is 0 Å². The molecule has 2 aliphatic rings. The highest BCUT2D eigenvalue weighted by atomic mass is 16.5. The SMILES string of the molecule is Cc1nc(N2C[C@@H]3C[C@H](C2)c2ccc(CN(C)Cc4ccccn4)c(=O)n2C3)no1. The van der Waals surface area contributed by atoms with Crippen molar-refractivity contribution < 1.29 is 4.52 Å². The van der Waals surface area contributed by atoms with Gasteiger partial charge in [0.1, 0.15) is 0 Å². The molecule has 2 atom stereocenters. The van der Waals surface area contributed by atoms with Crippen molar-refractivity contribution in [3.05, 3.63) is 69.7 Å². The first kappa shape index (κ1) is 19.0. The minimum Gasteiger partial charge on any atom is -0.338 e. The van der Waals surface area contributed by atoms with Crippen molar-refractivity contribution in [2.24, 2.45) is 5.92 Å². The zero-order valence-corrected chi connectivity index (χ0v) is 17.4. The molecule has 8 nitrogen and oxygen atoms in total. The second-order valence-corrected chi connectivity index (χ2v) is 8.51. The summed E-state index contributed by atoms with van der Waals surface area (Å²) in [6.45, 7) is 5.54. The number of pyridine rings is 2. The smallest absolute Gasteiger partial charge is 0.266 e. The third-order valence-electron chi connectivity index (χ3n) is 6.08. The van der Waals surface area contributed by atoms with Gasteiger partial charge >= 0.3 is 0 Å². The summed E-state index contributed by atoms with van der Waals surface area (Å²) in [5.41, 5.74) is 3.10. The van der Waals surface area contributed by atoms with Crippen LogP contribution in [0.3, 0.4) is 0 Å². The van der Waals surface area contributed by atoms with Gasteiger partial charge in [-0.25, -0.2) is 0 Å². The molecule has 5 heterocycles. The molecule has 2 aliphatic heterocycles. The quantitative estimate of drug-likeness (QED) is 0.642. The molecule has 0 radical (unpaired) electrons. The third-order valence-corrected chi connectivity index (χ3v) is 6.08. The summed E-state index contributed by atoms with van der Waals surface area (Å²) in [6, 6.07) is 10.0. The predicted octanol–water partition coefficient (Wildman–Crippen LogP) is 2.19. The first-order valence-corrected chi connectivity index (χ1v) is 10.4. The highest BCUT2D eigenvalue weighted by Crippen LogP contribution is 2.36. The number of hydrogen-bond donors (Lipinski definition) is 0. The van der Waals surface area contributed by atoms with Gasteiger partial charge in [-0.05, 0) is 42.7 Å². The van der Waals surface area contributed by atoms with E-state index in [0.29, 0.717) is 36.8 Å². The van der Waals surface area contributed by atoms with Crippen LogP contribution in [0.2, 0.25) is 0 Å². The van der Waals surface area contributed by atoms with E-state index in [2.05, 4.69) is 31.0 Å². The molecule has 3 aromatic heterocycles. The highest BCUT2D eigenvalue weighted by Gasteiger charge is 2.36. The lowest BCUT2D eigenvalue weighted by atomic mass is 9.83. The molecule has 1 fully saturated rings. The van der Waals surface area contributed by atoms with Crippen LogP contribution in [0.1, 0.15) is 35.2 Å². The van der Waals surface area contributed by atoms with Gasteiger partial charge in [0.25, 0.3) is 11.5 Å². The average molecular weight is 406 g/mol. The number of hydrogen-bond acceptors (Lipinski definition) is 7. The van der Waals surface area contributed by atoms with E-state index in [-0.39, 0.29) is 5.56 Å². The molecule has 0 saturated carbocycles. The summed E-state index contributed by atoms with van der Waals surface area (Å²) in [6.07, 6.45) is 2.90. The third kappa shape index (κ3) is 3.63. The summed E-state index contributed by atoms with van der Waals surface area (Å²) >= 11 is 0. The summed E-state index contributed by atoms with van der Waals surface area (Å²) in [7, 11) is 2.03. The molecule has 30 heavy (non-hydrogen) atoms. The van der Waals surface area contributed by atoms with Gasteiger partial charge < -0.3 is 14.0 Å². The fourth-order valence-electron chi connectivity index (χ4n) is 4.81. The van der Waals surface area contributed by atoms with Crippen LogP contribution >= 0.6 is 0 Å². The molecule has 2 bridgehead atoms. The largest absolute Gasteiger partial charge is 0.338 e. The minimum atomic E-state index is 0.138. The summed E-state index contributed by atoms with van der Waals surface area (Å²) in [4.78, 5) is 26.3. The lowest BCUT2D eigenvalue weighted by Crippen LogP contribution is -2.48. The fourth-order valence-corrected chi connectivity index (χ4v) is 4.81. The molecule has 0 amide bonds. The molecule has 8 heteroatoms. The van der Waals surface area contributed by atoms with E-state index in [1.54, 1.807) is 6.20 Å².